The van der Waals surface area contributed by atoms with E-state index < -0.39 is 12.2 Å². The van der Waals surface area contributed by atoms with Crippen molar-refractivity contribution >= 4 is 34.5 Å². The quantitative estimate of drug-likeness (QED) is 0.635. The van der Waals surface area contributed by atoms with Crippen LogP contribution >= 0.6 is 22.6 Å². The molecule has 86 valence electrons. The van der Waals surface area contributed by atoms with E-state index in [-0.39, 0.29) is 11.7 Å². The third kappa shape index (κ3) is 3.96. The maximum absolute atomic E-state index is 11.6. The number of hydrogen-bond acceptors (Lipinski definition) is 3. The molecule has 0 aliphatic heterocycles. The number of carbonyl (C=O) groups excluding carboxylic acids is 2. The van der Waals surface area contributed by atoms with E-state index in [1.807, 2.05) is 22.6 Å². The highest BCUT2D eigenvalue weighted by Gasteiger charge is 2.31. The number of halogens is 1. The Hall–Kier alpha value is -0.330. The van der Waals surface area contributed by atoms with Gasteiger partial charge in [-0.25, -0.2) is 4.79 Å². The van der Waals surface area contributed by atoms with Crippen LogP contribution in [0.25, 0.3) is 0 Å². The molecule has 5 heteroatoms. The summed E-state index contributed by atoms with van der Waals surface area (Å²) < 4.78 is 5.29. The van der Waals surface area contributed by atoms with Gasteiger partial charge in [-0.2, -0.15) is 0 Å². The van der Waals surface area contributed by atoms with Crippen molar-refractivity contribution in [1.82, 2.24) is 0 Å². The number of hydrogen-bond donors (Lipinski definition) is 1. The summed E-state index contributed by atoms with van der Waals surface area (Å²) in [5, 5.41) is 0. The van der Waals surface area contributed by atoms with Crippen LogP contribution in [0.3, 0.4) is 0 Å². The molecular weight excluding hydrogens is 309 g/mol. The van der Waals surface area contributed by atoms with Crippen molar-refractivity contribution in [1.29, 1.82) is 0 Å². The lowest BCUT2D eigenvalue weighted by Crippen LogP contribution is -2.38. The Labute approximate surface area is 103 Å². The van der Waals surface area contributed by atoms with Crippen LogP contribution in [0.1, 0.15) is 32.1 Å². The molecule has 1 aliphatic carbocycles. The fraction of sp³-hybridized carbons (Fsp3) is 0.800. The van der Waals surface area contributed by atoms with E-state index >= 15 is 0 Å². The number of carbonyl (C=O) groups is 2. The van der Waals surface area contributed by atoms with E-state index in [4.69, 9.17) is 10.5 Å². The van der Waals surface area contributed by atoms with E-state index in [1.54, 1.807) is 0 Å². The fourth-order valence-electron chi connectivity index (χ4n) is 2.06. The van der Waals surface area contributed by atoms with Crippen LogP contribution in [0.4, 0.5) is 4.79 Å². The van der Waals surface area contributed by atoms with Crippen molar-refractivity contribution in [3.05, 3.63) is 0 Å². The van der Waals surface area contributed by atoms with Crippen molar-refractivity contribution < 1.29 is 14.3 Å². The Bertz CT molecular complexity index is 239. The molecule has 0 bridgehead atoms. The van der Waals surface area contributed by atoms with Gasteiger partial charge in [-0.05, 0) is 12.8 Å². The second kappa shape index (κ2) is 6.30. The number of alkyl halides is 1. The first-order valence-corrected chi connectivity index (χ1v) is 6.72. The minimum atomic E-state index is -0.844. The number of ketones is 1. The van der Waals surface area contributed by atoms with Crippen LogP contribution in [-0.4, -0.2) is 22.4 Å². The van der Waals surface area contributed by atoms with Crippen molar-refractivity contribution in [3.8, 4) is 0 Å². The molecule has 1 aliphatic rings. The molecule has 4 nitrogen and oxygen atoms in total. The summed E-state index contributed by atoms with van der Waals surface area (Å²) in [7, 11) is 0. The predicted molar refractivity (Wildman–Crippen MR) is 64.9 cm³/mol. The smallest absolute Gasteiger partial charge is 0.405 e. The average Bonchev–Trinajstić information content (AvgIpc) is 2.26. The fourth-order valence-corrected chi connectivity index (χ4v) is 2.50. The lowest BCUT2D eigenvalue weighted by atomic mass is 9.84. The number of ether oxygens (including phenoxy) is 1. The summed E-state index contributed by atoms with van der Waals surface area (Å²) in [5.41, 5.74) is 4.98. The number of rotatable bonds is 4. The zero-order valence-electron chi connectivity index (χ0n) is 8.58. The van der Waals surface area contributed by atoms with Gasteiger partial charge in [-0.3, -0.25) is 4.79 Å². The normalized spacial score (nSPS) is 19.5. The van der Waals surface area contributed by atoms with Gasteiger partial charge < -0.3 is 10.5 Å². The van der Waals surface area contributed by atoms with Crippen LogP contribution in [0.15, 0.2) is 0 Å². The summed E-state index contributed by atoms with van der Waals surface area (Å²) in [6, 6.07) is 0. The van der Waals surface area contributed by atoms with E-state index in [0.29, 0.717) is 4.43 Å². The van der Waals surface area contributed by atoms with Crippen LogP contribution in [-0.2, 0) is 9.53 Å². The molecule has 0 unspecified atom stereocenters. The Balaban J connectivity index is 2.60. The highest BCUT2D eigenvalue weighted by Crippen LogP contribution is 2.28. The summed E-state index contributed by atoms with van der Waals surface area (Å²) in [5.74, 6) is 0.148. The monoisotopic (exact) mass is 325 g/mol. The van der Waals surface area contributed by atoms with E-state index in [2.05, 4.69) is 0 Å². The molecule has 1 rings (SSSR count). The number of amides is 1. The van der Waals surface area contributed by atoms with Gasteiger partial charge >= 0.3 is 6.09 Å². The third-order valence-corrected chi connectivity index (χ3v) is 3.52. The largest absolute Gasteiger partial charge is 0.438 e. The van der Waals surface area contributed by atoms with Gasteiger partial charge in [0.25, 0.3) is 0 Å². The molecule has 1 atom stereocenters. The number of primary amides is 1. The topological polar surface area (TPSA) is 69.4 Å². The first-order chi connectivity index (χ1) is 7.15. The molecular formula is C10H16INO3. The molecule has 0 heterocycles. The second-order valence-electron chi connectivity index (χ2n) is 3.86. The Morgan fingerprint density at radius 2 is 1.93 bits per heavy atom. The molecule has 0 spiro atoms. The van der Waals surface area contributed by atoms with Crippen LogP contribution < -0.4 is 5.73 Å². The van der Waals surface area contributed by atoms with Gasteiger partial charge in [-0.1, -0.05) is 41.9 Å². The predicted octanol–water partition coefficient (Wildman–Crippen LogP) is 2.03. The van der Waals surface area contributed by atoms with E-state index in [0.717, 1.165) is 25.7 Å². The first kappa shape index (κ1) is 12.7. The second-order valence-corrected chi connectivity index (χ2v) is 4.62. The maximum Gasteiger partial charge on any atom is 0.405 e. The zero-order valence-corrected chi connectivity index (χ0v) is 10.7. The molecule has 0 radical (unpaired) electrons. The van der Waals surface area contributed by atoms with Gasteiger partial charge in [0.15, 0.2) is 11.9 Å². The minimum Gasteiger partial charge on any atom is -0.438 e. The minimum absolute atomic E-state index is 0.0266. The van der Waals surface area contributed by atoms with Crippen LogP contribution in [0.5, 0.6) is 0 Å². The van der Waals surface area contributed by atoms with Gasteiger partial charge in [0.05, 0.1) is 4.43 Å². The Kier molecular flexibility index (Phi) is 5.35. The Morgan fingerprint density at radius 1 is 1.33 bits per heavy atom. The molecule has 1 saturated carbocycles. The summed E-state index contributed by atoms with van der Waals surface area (Å²) in [4.78, 5) is 22.3. The standard InChI is InChI=1S/C10H16INO3/c11-6-8(13)9(15-10(12)14)7-4-2-1-3-5-7/h7,9H,1-6H2,(H2,12,14)/t9-/m0/s1. The molecule has 0 aromatic heterocycles. The van der Waals surface area contributed by atoms with Crippen molar-refractivity contribution in [2.45, 2.75) is 38.2 Å². The van der Waals surface area contributed by atoms with Crippen molar-refractivity contribution in [3.63, 3.8) is 0 Å². The summed E-state index contributed by atoms with van der Waals surface area (Å²) >= 11 is 1.99. The summed E-state index contributed by atoms with van der Waals surface area (Å²) in [6.07, 6.45) is 3.89. The maximum atomic E-state index is 11.6. The SMILES string of the molecule is NC(=O)O[C@H](C(=O)CI)C1CCCCC1. The highest BCUT2D eigenvalue weighted by molar-refractivity contribution is 14.1. The van der Waals surface area contributed by atoms with Crippen molar-refractivity contribution in [2.24, 2.45) is 11.7 Å². The van der Waals surface area contributed by atoms with Crippen molar-refractivity contribution in [2.75, 3.05) is 4.43 Å². The first-order valence-electron chi connectivity index (χ1n) is 5.20. The molecule has 0 aromatic carbocycles. The number of Topliss-reactive ketones (excluding diaryl/α,β-unsaturated/α-hetero) is 1. The lowest BCUT2D eigenvalue weighted by Gasteiger charge is -2.27. The van der Waals surface area contributed by atoms with Crippen LogP contribution in [0.2, 0.25) is 0 Å². The summed E-state index contributed by atoms with van der Waals surface area (Å²) in [6.45, 7) is 0. The third-order valence-electron chi connectivity index (χ3n) is 2.77. The molecule has 1 fully saturated rings. The van der Waals surface area contributed by atoms with Gasteiger partial charge in [0, 0.05) is 5.92 Å². The molecule has 15 heavy (non-hydrogen) atoms. The highest BCUT2D eigenvalue weighted by atomic mass is 127. The lowest BCUT2D eigenvalue weighted by molar-refractivity contribution is -0.127. The van der Waals surface area contributed by atoms with Gasteiger partial charge in [0.1, 0.15) is 0 Å². The molecule has 0 aromatic rings. The number of nitrogens with two attached hydrogens (primary N) is 1. The molecule has 0 saturated heterocycles. The zero-order chi connectivity index (χ0) is 11.3. The molecule has 2 N–H and O–H groups in total. The average molecular weight is 325 g/mol. The Morgan fingerprint density at radius 3 is 2.40 bits per heavy atom. The molecule has 1 amide bonds. The van der Waals surface area contributed by atoms with E-state index in [1.165, 1.54) is 6.42 Å². The van der Waals surface area contributed by atoms with Gasteiger partial charge in [0.2, 0.25) is 0 Å². The van der Waals surface area contributed by atoms with E-state index in [9.17, 15) is 9.59 Å². The van der Waals surface area contributed by atoms with Crippen LogP contribution in [0, 0.1) is 5.92 Å². The van der Waals surface area contributed by atoms with Gasteiger partial charge in [-0.15, -0.1) is 0 Å².